The molecule has 1 saturated carbocycles. The normalized spacial score (nSPS) is 23.2. The smallest absolute Gasteiger partial charge is 0.225 e. The number of guanidine groups is 1. The fourth-order valence-electron chi connectivity index (χ4n) is 4.42. The minimum atomic E-state index is 0.331. The van der Waals surface area contributed by atoms with E-state index in [0.29, 0.717) is 11.8 Å². The zero-order valence-electron chi connectivity index (χ0n) is 18.2. The Morgan fingerprint density at radius 2 is 1.57 bits per heavy atom. The molecule has 3 fully saturated rings. The summed E-state index contributed by atoms with van der Waals surface area (Å²) in [5, 5.41) is 3.55. The van der Waals surface area contributed by atoms with Crippen molar-refractivity contribution < 1.29 is 4.79 Å². The third-order valence-corrected chi connectivity index (χ3v) is 6.36. The molecule has 0 bridgehead atoms. The summed E-state index contributed by atoms with van der Waals surface area (Å²) in [5.74, 6) is 2.50. The number of hydrogen-bond donors (Lipinski definition) is 1. The van der Waals surface area contributed by atoms with E-state index in [1.165, 1.54) is 13.0 Å². The van der Waals surface area contributed by atoms with Gasteiger partial charge in [0.25, 0.3) is 0 Å². The summed E-state index contributed by atoms with van der Waals surface area (Å²) in [6.45, 7) is 15.8. The van der Waals surface area contributed by atoms with Crippen LogP contribution in [0.4, 0.5) is 0 Å². The minimum Gasteiger partial charge on any atom is -0.355 e. The van der Waals surface area contributed by atoms with Crippen molar-refractivity contribution in [2.24, 2.45) is 16.8 Å². The average Bonchev–Trinajstić information content (AvgIpc) is 2.65. The molecule has 1 amide bonds. The molecule has 28 heavy (non-hydrogen) atoms. The van der Waals surface area contributed by atoms with Crippen LogP contribution in [0.1, 0.15) is 33.1 Å². The highest BCUT2D eigenvalue weighted by Gasteiger charge is 2.31. The van der Waals surface area contributed by atoms with Gasteiger partial charge in [-0.3, -0.25) is 19.6 Å². The Bertz CT molecular complexity index is 517. The van der Waals surface area contributed by atoms with E-state index < -0.39 is 0 Å². The van der Waals surface area contributed by atoms with Gasteiger partial charge in [0.05, 0.1) is 0 Å². The van der Waals surface area contributed by atoms with Gasteiger partial charge in [0.1, 0.15) is 0 Å². The van der Waals surface area contributed by atoms with Crippen LogP contribution in [0.15, 0.2) is 4.99 Å². The molecule has 160 valence electrons. The standard InChI is InChI=1S/C21H40N6O/c1-18(2)17-25-11-15-27(16-12-25)21(22-3)23-7-8-24-9-13-26(14-10-24)20(28)19-5-4-6-19/h18-19H,4-17H2,1-3H3,(H,22,23). The van der Waals surface area contributed by atoms with Crippen LogP contribution in [0.3, 0.4) is 0 Å². The SMILES string of the molecule is CN=C(NCCN1CCN(C(=O)C2CCC2)CC1)N1CCN(CC(C)C)CC1. The molecule has 1 aliphatic carbocycles. The largest absolute Gasteiger partial charge is 0.355 e. The predicted octanol–water partition coefficient (Wildman–Crippen LogP) is 0.780. The summed E-state index contributed by atoms with van der Waals surface area (Å²) < 4.78 is 0. The van der Waals surface area contributed by atoms with Crippen LogP contribution >= 0.6 is 0 Å². The second kappa shape index (κ2) is 10.4. The van der Waals surface area contributed by atoms with Crippen molar-refractivity contribution >= 4 is 11.9 Å². The Hall–Kier alpha value is -1.34. The van der Waals surface area contributed by atoms with E-state index in [9.17, 15) is 4.79 Å². The summed E-state index contributed by atoms with van der Waals surface area (Å²) in [6.07, 6.45) is 3.44. The van der Waals surface area contributed by atoms with Gasteiger partial charge < -0.3 is 15.1 Å². The fraction of sp³-hybridized carbons (Fsp3) is 0.905. The maximum Gasteiger partial charge on any atom is 0.225 e. The fourth-order valence-corrected chi connectivity index (χ4v) is 4.42. The van der Waals surface area contributed by atoms with Gasteiger partial charge in [0.2, 0.25) is 5.91 Å². The Morgan fingerprint density at radius 3 is 2.11 bits per heavy atom. The third-order valence-electron chi connectivity index (χ3n) is 6.36. The highest BCUT2D eigenvalue weighted by Crippen LogP contribution is 2.28. The monoisotopic (exact) mass is 392 g/mol. The summed E-state index contributed by atoms with van der Waals surface area (Å²) >= 11 is 0. The highest BCUT2D eigenvalue weighted by atomic mass is 16.2. The molecule has 0 aromatic rings. The van der Waals surface area contributed by atoms with Gasteiger partial charge in [-0.05, 0) is 18.8 Å². The Labute approximate surface area is 171 Å². The van der Waals surface area contributed by atoms with Crippen molar-refractivity contribution in [2.75, 3.05) is 79.0 Å². The molecule has 2 aliphatic heterocycles. The molecule has 1 N–H and O–H groups in total. The quantitative estimate of drug-likeness (QED) is 0.535. The van der Waals surface area contributed by atoms with Gasteiger partial charge in [-0.15, -0.1) is 0 Å². The van der Waals surface area contributed by atoms with Gasteiger partial charge in [-0.2, -0.15) is 0 Å². The third kappa shape index (κ3) is 5.83. The lowest BCUT2D eigenvalue weighted by Crippen LogP contribution is -2.55. The number of nitrogens with one attached hydrogen (secondary N) is 1. The molecule has 0 spiro atoms. The van der Waals surface area contributed by atoms with E-state index in [-0.39, 0.29) is 0 Å². The maximum absolute atomic E-state index is 12.4. The molecular formula is C21H40N6O. The van der Waals surface area contributed by atoms with Gasteiger partial charge in [0, 0.05) is 85.0 Å². The van der Waals surface area contributed by atoms with Crippen molar-refractivity contribution in [3.05, 3.63) is 0 Å². The first kappa shape index (κ1) is 21.4. The second-order valence-electron chi connectivity index (χ2n) is 8.95. The number of piperazine rings is 2. The van der Waals surface area contributed by atoms with E-state index in [0.717, 1.165) is 90.2 Å². The number of carbonyl (C=O) groups excluding carboxylic acids is 1. The molecular weight excluding hydrogens is 352 g/mol. The van der Waals surface area contributed by atoms with Crippen molar-refractivity contribution in [2.45, 2.75) is 33.1 Å². The summed E-state index contributed by atoms with van der Waals surface area (Å²) in [5.41, 5.74) is 0. The van der Waals surface area contributed by atoms with E-state index in [1.54, 1.807) is 0 Å². The number of rotatable bonds is 6. The van der Waals surface area contributed by atoms with E-state index in [1.807, 2.05) is 7.05 Å². The van der Waals surface area contributed by atoms with Crippen LogP contribution in [-0.2, 0) is 4.79 Å². The molecule has 0 atom stereocenters. The number of carbonyl (C=O) groups is 1. The number of nitrogens with zero attached hydrogens (tertiary/aromatic N) is 5. The number of hydrogen-bond acceptors (Lipinski definition) is 4. The lowest BCUT2D eigenvalue weighted by molar-refractivity contribution is -0.139. The molecule has 0 radical (unpaired) electrons. The van der Waals surface area contributed by atoms with Gasteiger partial charge in [-0.25, -0.2) is 0 Å². The van der Waals surface area contributed by atoms with Crippen LogP contribution in [0.25, 0.3) is 0 Å². The number of aliphatic imine (C=N–C) groups is 1. The second-order valence-corrected chi connectivity index (χ2v) is 8.95. The summed E-state index contributed by atoms with van der Waals surface area (Å²) in [6, 6.07) is 0. The molecule has 3 rings (SSSR count). The van der Waals surface area contributed by atoms with Gasteiger partial charge in [-0.1, -0.05) is 20.3 Å². The first-order valence-electron chi connectivity index (χ1n) is 11.3. The van der Waals surface area contributed by atoms with Crippen LogP contribution in [0.2, 0.25) is 0 Å². The Kier molecular flexibility index (Phi) is 7.97. The van der Waals surface area contributed by atoms with Crippen LogP contribution < -0.4 is 5.32 Å². The first-order valence-corrected chi connectivity index (χ1v) is 11.3. The molecule has 7 heteroatoms. The first-order chi connectivity index (χ1) is 13.6. The minimum absolute atomic E-state index is 0.331. The van der Waals surface area contributed by atoms with Crippen molar-refractivity contribution in [1.29, 1.82) is 0 Å². The lowest BCUT2D eigenvalue weighted by atomic mass is 9.84. The van der Waals surface area contributed by atoms with Crippen LogP contribution in [0.5, 0.6) is 0 Å². The maximum atomic E-state index is 12.4. The Morgan fingerprint density at radius 1 is 0.964 bits per heavy atom. The molecule has 7 nitrogen and oxygen atoms in total. The lowest BCUT2D eigenvalue weighted by Gasteiger charge is -2.39. The molecule has 0 aromatic carbocycles. The van der Waals surface area contributed by atoms with Gasteiger partial charge in [0.15, 0.2) is 5.96 Å². The highest BCUT2D eigenvalue weighted by molar-refractivity contribution is 5.80. The predicted molar refractivity (Wildman–Crippen MR) is 115 cm³/mol. The van der Waals surface area contributed by atoms with E-state index in [2.05, 4.69) is 43.8 Å². The molecule has 3 aliphatic rings. The topological polar surface area (TPSA) is 54.4 Å². The van der Waals surface area contributed by atoms with E-state index in [4.69, 9.17) is 0 Å². The van der Waals surface area contributed by atoms with Crippen molar-refractivity contribution in [1.82, 2.24) is 24.9 Å². The van der Waals surface area contributed by atoms with Crippen LogP contribution in [0, 0.1) is 11.8 Å². The zero-order valence-corrected chi connectivity index (χ0v) is 18.2. The van der Waals surface area contributed by atoms with Crippen LogP contribution in [-0.4, -0.2) is 111 Å². The Balaban J connectivity index is 1.31. The average molecular weight is 393 g/mol. The van der Waals surface area contributed by atoms with Gasteiger partial charge >= 0.3 is 0 Å². The summed E-state index contributed by atoms with van der Waals surface area (Å²) in [7, 11) is 1.88. The molecule has 2 heterocycles. The summed E-state index contributed by atoms with van der Waals surface area (Å²) in [4.78, 5) is 26.3. The molecule has 2 saturated heterocycles. The molecule has 0 unspecified atom stereocenters. The van der Waals surface area contributed by atoms with Crippen molar-refractivity contribution in [3.63, 3.8) is 0 Å². The zero-order chi connectivity index (χ0) is 19.9. The molecule has 0 aromatic heterocycles. The van der Waals surface area contributed by atoms with Crippen molar-refractivity contribution in [3.8, 4) is 0 Å². The van der Waals surface area contributed by atoms with E-state index >= 15 is 0 Å². The number of amides is 1.